The number of hydrogen-bond acceptors (Lipinski definition) is 3. The molecule has 0 spiro atoms. The zero-order valence-electron chi connectivity index (χ0n) is 12.3. The second kappa shape index (κ2) is 7.09. The van der Waals surface area contributed by atoms with Crippen molar-refractivity contribution in [2.24, 2.45) is 16.5 Å². The van der Waals surface area contributed by atoms with Gasteiger partial charge in [0, 0.05) is 12.1 Å². The van der Waals surface area contributed by atoms with Crippen molar-refractivity contribution in [2.75, 3.05) is 12.8 Å². The summed E-state index contributed by atoms with van der Waals surface area (Å²) in [5.41, 5.74) is 19.7. The van der Waals surface area contributed by atoms with Gasteiger partial charge in [-0.25, -0.2) is 5.32 Å². The van der Waals surface area contributed by atoms with E-state index in [9.17, 15) is 0 Å². The molecule has 7 nitrogen and oxygen atoms in total. The van der Waals surface area contributed by atoms with Gasteiger partial charge in [0.25, 0.3) is 0 Å². The summed E-state index contributed by atoms with van der Waals surface area (Å²) in [6, 6.07) is 14.7. The number of benzene rings is 2. The topological polar surface area (TPSA) is 130 Å². The number of nitrogens with one attached hydrogen (secondary N) is 1. The van der Waals surface area contributed by atoms with Gasteiger partial charge in [0.05, 0.1) is 12.8 Å². The standard InChI is InChI=1S/C15H18N6O/c1-22-13-8-7-11(9-12(13)16)20-15(18)21-14(17)19-10-5-3-2-4-6-10/h2-9H,16H2,1H3,(H5,17,18,19,20,21)/p+2. The zero-order chi connectivity index (χ0) is 15.9. The summed E-state index contributed by atoms with van der Waals surface area (Å²) in [6.07, 6.45) is 0. The van der Waals surface area contributed by atoms with Crippen LogP contribution in [0.4, 0.5) is 17.1 Å². The first-order chi connectivity index (χ1) is 10.6. The largest absolute Gasteiger partial charge is 0.495 e. The summed E-state index contributed by atoms with van der Waals surface area (Å²) in [4.78, 5) is 7.02. The second-order valence-electron chi connectivity index (χ2n) is 4.56. The first-order valence-electron chi connectivity index (χ1n) is 6.65. The third-order valence-corrected chi connectivity index (χ3v) is 2.85. The van der Waals surface area contributed by atoms with E-state index in [0.717, 1.165) is 11.4 Å². The Labute approximate surface area is 128 Å². The number of nitrogen functional groups attached to an aromatic ring is 1. The smallest absolute Gasteiger partial charge is 0.367 e. The van der Waals surface area contributed by atoms with E-state index in [1.807, 2.05) is 36.4 Å². The number of nitrogens with two attached hydrogens (primary N) is 4. The Bertz CT molecular complexity index is 696. The molecule has 114 valence electrons. The predicted octanol–water partition coefficient (Wildman–Crippen LogP) is -1.49. The minimum Gasteiger partial charge on any atom is -0.495 e. The van der Waals surface area contributed by atoms with Crippen LogP contribution in [-0.4, -0.2) is 19.0 Å². The van der Waals surface area contributed by atoms with Gasteiger partial charge < -0.3 is 16.2 Å². The number of anilines is 1. The van der Waals surface area contributed by atoms with Crippen LogP contribution in [0.15, 0.2) is 53.5 Å². The van der Waals surface area contributed by atoms with Gasteiger partial charge in [-0.1, -0.05) is 18.2 Å². The van der Waals surface area contributed by atoms with Gasteiger partial charge in [0.2, 0.25) is 0 Å². The van der Waals surface area contributed by atoms with E-state index in [2.05, 4.69) is 9.98 Å². The summed E-state index contributed by atoms with van der Waals surface area (Å²) in [5, 5.41) is 1.71. The lowest BCUT2D eigenvalue weighted by molar-refractivity contribution is -0.515. The Balaban J connectivity index is 2.09. The van der Waals surface area contributed by atoms with Crippen molar-refractivity contribution in [1.29, 1.82) is 0 Å². The summed E-state index contributed by atoms with van der Waals surface area (Å²) in [7, 11) is 1.57. The van der Waals surface area contributed by atoms with Crippen LogP contribution in [-0.2, 0) is 0 Å². The molecule has 0 amide bonds. The SMILES string of the molecule is COc1ccc([NH2+]/C(N)=[NH+]\C(N)=Nc2ccccc2)cc1N. The molecule has 0 aliphatic heterocycles. The molecule has 0 saturated carbocycles. The number of ether oxygens (including phenoxy) is 1. The number of para-hydroxylation sites is 1. The molecule has 2 rings (SSSR count). The highest BCUT2D eigenvalue weighted by atomic mass is 16.5. The van der Waals surface area contributed by atoms with Crippen molar-refractivity contribution in [3.05, 3.63) is 48.5 Å². The molecule has 7 heteroatoms. The fourth-order valence-electron chi connectivity index (χ4n) is 1.88. The fourth-order valence-corrected chi connectivity index (χ4v) is 1.88. The average molecular weight is 300 g/mol. The number of rotatable bonds is 3. The number of nitrogens with zero attached hydrogens (tertiary/aromatic N) is 1. The lowest BCUT2D eigenvalue weighted by Gasteiger charge is -2.04. The van der Waals surface area contributed by atoms with Crippen molar-refractivity contribution in [2.45, 2.75) is 0 Å². The van der Waals surface area contributed by atoms with E-state index >= 15 is 0 Å². The van der Waals surface area contributed by atoms with E-state index in [0.29, 0.717) is 17.4 Å². The molecule has 0 bridgehead atoms. The van der Waals surface area contributed by atoms with Crippen molar-refractivity contribution >= 4 is 29.0 Å². The van der Waals surface area contributed by atoms with Gasteiger partial charge in [-0.15, -0.1) is 4.99 Å². The highest BCUT2D eigenvalue weighted by Gasteiger charge is 2.08. The number of hydrogen-bond donors (Lipinski definition) is 5. The molecule has 0 radical (unpaired) electrons. The van der Waals surface area contributed by atoms with Crippen LogP contribution in [0.25, 0.3) is 0 Å². The molecular formula is C15H20N6O+2. The summed E-state index contributed by atoms with van der Waals surface area (Å²) >= 11 is 0. The van der Waals surface area contributed by atoms with E-state index in [4.69, 9.17) is 21.9 Å². The lowest BCUT2D eigenvalue weighted by atomic mass is 10.2. The number of aliphatic imine (C=N–C) groups is 1. The summed E-state index contributed by atoms with van der Waals surface area (Å²) in [5.74, 6) is 1.19. The number of guanidine groups is 2. The van der Waals surface area contributed by atoms with Crippen molar-refractivity contribution in [1.82, 2.24) is 0 Å². The molecule has 0 aromatic heterocycles. The van der Waals surface area contributed by atoms with E-state index in [1.165, 1.54) is 0 Å². The van der Waals surface area contributed by atoms with Crippen molar-refractivity contribution in [3.63, 3.8) is 0 Å². The number of quaternary nitrogens is 1. The Morgan fingerprint density at radius 2 is 1.86 bits per heavy atom. The maximum Gasteiger partial charge on any atom is 0.367 e. The van der Waals surface area contributed by atoms with Gasteiger partial charge in [0.15, 0.2) is 0 Å². The monoisotopic (exact) mass is 300 g/mol. The van der Waals surface area contributed by atoms with E-state index < -0.39 is 0 Å². The molecule has 0 saturated heterocycles. The van der Waals surface area contributed by atoms with Crippen LogP contribution < -0.4 is 32.2 Å². The molecule has 0 unspecified atom stereocenters. The molecule has 0 atom stereocenters. The Morgan fingerprint density at radius 1 is 1.14 bits per heavy atom. The molecule has 2 aromatic carbocycles. The first kappa shape index (κ1) is 15.3. The average Bonchev–Trinajstić information content (AvgIpc) is 2.48. The molecular weight excluding hydrogens is 280 g/mol. The van der Waals surface area contributed by atoms with Gasteiger partial charge in [-0.05, 0) is 18.2 Å². The van der Waals surface area contributed by atoms with Crippen LogP contribution in [0, 0.1) is 0 Å². The highest BCUT2D eigenvalue weighted by Crippen LogP contribution is 2.22. The van der Waals surface area contributed by atoms with Crippen LogP contribution in [0.3, 0.4) is 0 Å². The van der Waals surface area contributed by atoms with E-state index in [-0.39, 0.29) is 5.96 Å². The van der Waals surface area contributed by atoms with Crippen LogP contribution in [0.5, 0.6) is 5.75 Å². The van der Waals surface area contributed by atoms with Gasteiger partial charge >= 0.3 is 11.9 Å². The Kier molecular flexibility index (Phi) is 4.94. The van der Waals surface area contributed by atoms with Gasteiger partial charge in [-0.2, -0.15) is 4.99 Å². The molecule has 2 aromatic rings. The van der Waals surface area contributed by atoms with Crippen LogP contribution in [0.1, 0.15) is 0 Å². The highest BCUT2D eigenvalue weighted by molar-refractivity contribution is 5.77. The normalized spacial score (nSPS) is 12.2. The molecule has 22 heavy (non-hydrogen) atoms. The molecule has 0 fully saturated rings. The van der Waals surface area contributed by atoms with Gasteiger partial charge in [-0.3, -0.25) is 5.73 Å². The molecule has 9 N–H and O–H groups in total. The van der Waals surface area contributed by atoms with Gasteiger partial charge in [0.1, 0.15) is 17.1 Å². The minimum atomic E-state index is 0.210. The zero-order valence-corrected chi connectivity index (χ0v) is 12.3. The van der Waals surface area contributed by atoms with Crippen molar-refractivity contribution in [3.8, 4) is 5.75 Å². The maximum atomic E-state index is 5.90. The minimum absolute atomic E-state index is 0.210. The maximum absolute atomic E-state index is 5.90. The second-order valence-corrected chi connectivity index (χ2v) is 4.56. The third kappa shape index (κ3) is 4.22. The third-order valence-electron chi connectivity index (χ3n) is 2.85. The first-order valence-corrected chi connectivity index (χ1v) is 6.65. The molecule has 0 aliphatic rings. The number of methoxy groups -OCH3 is 1. The Morgan fingerprint density at radius 3 is 2.50 bits per heavy atom. The predicted molar refractivity (Wildman–Crippen MR) is 86.9 cm³/mol. The molecule has 0 heterocycles. The quantitative estimate of drug-likeness (QED) is 0.269. The van der Waals surface area contributed by atoms with Crippen LogP contribution in [0.2, 0.25) is 0 Å². The summed E-state index contributed by atoms with van der Waals surface area (Å²) < 4.78 is 5.10. The van der Waals surface area contributed by atoms with E-state index in [1.54, 1.807) is 24.6 Å². The van der Waals surface area contributed by atoms with Crippen molar-refractivity contribution < 1.29 is 15.0 Å². The Hall–Kier alpha value is -3.06. The summed E-state index contributed by atoms with van der Waals surface area (Å²) in [6.45, 7) is 0. The molecule has 0 aliphatic carbocycles. The fraction of sp³-hybridized carbons (Fsp3) is 0.0667. The lowest BCUT2D eigenvalue weighted by Crippen LogP contribution is -3.01. The van der Waals surface area contributed by atoms with Crippen LogP contribution >= 0.6 is 0 Å².